The first-order valence-corrected chi connectivity index (χ1v) is 18.9. The second kappa shape index (κ2) is 19.4. The van der Waals surface area contributed by atoms with Gasteiger partial charge in [0, 0.05) is 77.3 Å². The minimum atomic E-state index is -0.306. The van der Waals surface area contributed by atoms with E-state index in [9.17, 15) is 19.2 Å². The van der Waals surface area contributed by atoms with E-state index in [1.807, 2.05) is 30.6 Å². The Kier molecular flexibility index (Phi) is 15.0. The van der Waals surface area contributed by atoms with Crippen molar-refractivity contribution in [2.45, 2.75) is 91.6 Å². The van der Waals surface area contributed by atoms with E-state index in [2.05, 4.69) is 39.7 Å². The quantitative estimate of drug-likeness (QED) is 0.191. The number of benzene rings is 1. The number of carbonyl (C=O) groups is 4. The standard InChI is InChI=1S/C38H59N9O5/c1-8-30-37(51)44(6)31-25-41-38(43-35(31)47(30)27(4)5)42-29-15-14-28(24-32(29)52-7)36(50)40-18-19-45-20-22-46(23-21-45)34(49)12-10-9-11-17-39-33(48)16-13-26(2)3/h14-15,24-27,30H,8-13,16-23H2,1-7H3,(H,39,48)(H,40,50)(H,41,42,43)/t30-/m1/s1. The van der Waals surface area contributed by atoms with E-state index in [-0.39, 0.29) is 35.7 Å². The molecule has 0 bridgehead atoms. The molecule has 52 heavy (non-hydrogen) atoms. The molecule has 14 heteroatoms. The maximum atomic E-state index is 13.1. The number of piperazine rings is 1. The number of rotatable bonds is 18. The number of fused-ring (bicyclic) bond motifs is 1. The van der Waals surface area contributed by atoms with E-state index in [1.165, 1.54) is 0 Å². The number of amides is 4. The lowest BCUT2D eigenvalue weighted by Crippen LogP contribution is -2.54. The topological polar surface area (TPSA) is 152 Å². The summed E-state index contributed by atoms with van der Waals surface area (Å²) in [6.45, 7) is 15.1. The van der Waals surface area contributed by atoms with Crippen LogP contribution in [-0.2, 0) is 14.4 Å². The summed E-state index contributed by atoms with van der Waals surface area (Å²) in [5.41, 5.74) is 1.73. The van der Waals surface area contributed by atoms with Gasteiger partial charge < -0.3 is 35.4 Å². The number of hydrogen-bond acceptors (Lipinski definition) is 10. The van der Waals surface area contributed by atoms with Crippen LogP contribution in [0.1, 0.15) is 89.9 Å². The maximum Gasteiger partial charge on any atom is 0.251 e. The normalized spacial score (nSPS) is 16.3. The molecule has 0 spiro atoms. The first-order chi connectivity index (χ1) is 24.9. The van der Waals surface area contributed by atoms with Crippen LogP contribution in [0, 0.1) is 5.92 Å². The van der Waals surface area contributed by atoms with Crippen molar-refractivity contribution in [1.82, 2.24) is 30.4 Å². The highest BCUT2D eigenvalue weighted by atomic mass is 16.5. The molecule has 14 nitrogen and oxygen atoms in total. The molecule has 3 N–H and O–H groups in total. The van der Waals surface area contributed by atoms with Crippen LogP contribution < -0.4 is 30.5 Å². The third-order valence-corrected chi connectivity index (χ3v) is 9.74. The van der Waals surface area contributed by atoms with Crippen LogP contribution >= 0.6 is 0 Å². The van der Waals surface area contributed by atoms with Crippen molar-refractivity contribution in [3.05, 3.63) is 30.0 Å². The summed E-state index contributed by atoms with van der Waals surface area (Å²) in [6, 6.07) is 4.94. The molecule has 0 aliphatic carbocycles. The molecule has 0 radical (unpaired) electrons. The third kappa shape index (κ3) is 10.8. The molecule has 3 heterocycles. The first-order valence-electron chi connectivity index (χ1n) is 18.9. The second-order valence-electron chi connectivity index (χ2n) is 14.3. The van der Waals surface area contributed by atoms with Crippen molar-refractivity contribution in [2.24, 2.45) is 5.92 Å². The van der Waals surface area contributed by atoms with Crippen LogP contribution in [0.4, 0.5) is 23.1 Å². The van der Waals surface area contributed by atoms with Gasteiger partial charge in [0.15, 0.2) is 5.82 Å². The minimum Gasteiger partial charge on any atom is -0.495 e. The van der Waals surface area contributed by atoms with Crippen molar-refractivity contribution in [2.75, 3.05) is 75.1 Å². The number of anilines is 4. The summed E-state index contributed by atoms with van der Waals surface area (Å²) in [6.07, 6.45) is 6.96. The van der Waals surface area contributed by atoms with Crippen molar-refractivity contribution < 1.29 is 23.9 Å². The summed E-state index contributed by atoms with van der Waals surface area (Å²) in [5.74, 6) is 2.15. The van der Waals surface area contributed by atoms with Crippen LogP contribution in [-0.4, -0.2) is 115 Å². The lowest BCUT2D eigenvalue weighted by molar-refractivity contribution is -0.133. The number of nitrogens with one attached hydrogen (secondary N) is 3. The van der Waals surface area contributed by atoms with Crippen LogP contribution in [0.15, 0.2) is 24.4 Å². The lowest BCUT2D eigenvalue weighted by atomic mass is 10.1. The van der Waals surface area contributed by atoms with Gasteiger partial charge in [-0.15, -0.1) is 0 Å². The number of nitrogens with zero attached hydrogens (tertiary/aromatic N) is 6. The lowest BCUT2D eigenvalue weighted by Gasteiger charge is -2.42. The zero-order valence-electron chi connectivity index (χ0n) is 32.2. The molecule has 286 valence electrons. The summed E-state index contributed by atoms with van der Waals surface area (Å²) in [5, 5.41) is 9.20. The van der Waals surface area contributed by atoms with Crippen molar-refractivity contribution in [3.8, 4) is 5.75 Å². The zero-order chi connectivity index (χ0) is 37.8. The fraction of sp³-hybridized carbons (Fsp3) is 0.632. The summed E-state index contributed by atoms with van der Waals surface area (Å²) in [4.78, 5) is 67.7. The summed E-state index contributed by atoms with van der Waals surface area (Å²) < 4.78 is 5.62. The van der Waals surface area contributed by atoms with Gasteiger partial charge >= 0.3 is 0 Å². The van der Waals surface area contributed by atoms with Crippen LogP contribution in [0.25, 0.3) is 0 Å². The Morgan fingerprint density at radius 2 is 1.73 bits per heavy atom. The average Bonchev–Trinajstić information content (AvgIpc) is 3.13. The Morgan fingerprint density at radius 1 is 0.981 bits per heavy atom. The predicted octanol–water partition coefficient (Wildman–Crippen LogP) is 4.19. The Bertz CT molecular complexity index is 1530. The van der Waals surface area contributed by atoms with E-state index < -0.39 is 0 Å². The van der Waals surface area contributed by atoms with Crippen molar-refractivity contribution >= 4 is 46.8 Å². The highest BCUT2D eigenvalue weighted by molar-refractivity contribution is 6.04. The van der Waals surface area contributed by atoms with Gasteiger partial charge in [-0.1, -0.05) is 27.2 Å². The number of carbonyl (C=O) groups excluding carboxylic acids is 4. The highest BCUT2D eigenvalue weighted by Crippen LogP contribution is 2.37. The number of methoxy groups -OCH3 is 1. The Morgan fingerprint density at radius 3 is 2.40 bits per heavy atom. The highest BCUT2D eigenvalue weighted by Gasteiger charge is 2.38. The molecule has 1 aromatic heterocycles. The SMILES string of the molecule is CC[C@@H]1C(=O)N(C)c2cnc(Nc3ccc(C(=O)NCCN4CCN(C(=O)CCCCCNC(=O)CCC(C)C)CC4)cc3OC)nc2N1C(C)C. The summed E-state index contributed by atoms with van der Waals surface area (Å²) >= 11 is 0. The smallest absolute Gasteiger partial charge is 0.251 e. The Labute approximate surface area is 309 Å². The van der Waals surface area contributed by atoms with Gasteiger partial charge in [-0.3, -0.25) is 24.1 Å². The molecule has 0 saturated carbocycles. The van der Waals surface area contributed by atoms with E-state index >= 15 is 0 Å². The molecule has 2 aliphatic heterocycles. The molecule has 1 fully saturated rings. The molecule has 4 rings (SSSR count). The van der Waals surface area contributed by atoms with Gasteiger partial charge in [-0.05, 0) is 63.6 Å². The molecule has 1 atom stereocenters. The monoisotopic (exact) mass is 721 g/mol. The van der Waals surface area contributed by atoms with E-state index in [0.29, 0.717) is 92.4 Å². The van der Waals surface area contributed by atoms with Gasteiger partial charge in [0.25, 0.3) is 5.91 Å². The number of ether oxygens (including phenoxy) is 1. The Hall–Kier alpha value is -4.46. The molecule has 1 aromatic carbocycles. The molecule has 1 saturated heterocycles. The first kappa shape index (κ1) is 40.3. The van der Waals surface area contributed by atoms with Crippen molar-refractivity contribution in [1.29, 1.82) is 0 Å². The molecule has 2 aliphatic rings. The fourth-order valence-corrected chi connectivity index (χ4v) is 6.62. The molecule has 2 aromatic rings. The van der Waals surface area contributed by atoms with Crippen molar-refractivity contribution in [3.63, 3.8) is 0 Å². The number of hydrogen-bond donors (Lipinski definition) is 3. The van der Waals surface area contributed by atoms with Crippen LogP contribution in [0.5, 0.6) is 5.75 Å². The fourth-order valence-electron chi connectivity index (χ4n) is 6.62. The predicted molar refractivity (Wildman–Crippen MR) is 204 cm³/mol. The summed E-state index contributed by atoms with van der Waals surface area (Å²) in [7, 11) is 3.30. The van der Waals surface area contributed by atoms with E-state index in [1.54, 1.807) is 43.5 Å². The molecule has 0 unspecified atom stereocenters. The van der Waals surface area contributed by atoms with Gasteiger partial charge in [-0.2, -0.15) is 4.98 Å². The van der Waals surface area contributed by atoms with E-state index in [0.717, 1.165) is 38.8 Å². The van der Waals surface area contributed by atoms with Gasteiger partial charge in [0.2, 0.25) is 23.7 Å². The van der Waals surface area contributed by atoms with Gasteiger partial charge in [0.05, 0.1) is 19.0 Å². The Balaban J connectivity index is 1.19. The molecular weight excluding hydrogens is 662 g/mol. The maximum absolute atomic E-state index is 13.1. The van der Waals surface area contributed by atoms with Gasteiger partial charge in [-0.25, -0.2) is 4.98 Å². The molecule has 4 amide bonds. The van der Waals surface area contributed by atoms with Crippen LogP contribution in [0.2, 0.25) is 0 Å². The number of unbranched alkanes of at least 4 members (excludes halogenated alkanes) is 2. The van der Waals surface area contributed by atoms with Crippen LogP contribution in [0.3, 0.4) is 0 Å². The second-order valence-corrected chi connectivity index (χ2v) is 14.3. The minimum absolute atomic E-state index is 0.0213. The average molecular weight is 722 g/mol. The number of aromatic nitrogens is 2. The van der Waals surface area contributed by atoms with E-state index in [4.69, 9.17) is 9.72 Å². The largest absolute Gasteiger partial charge is 0.495 e. The number of likely N-dealkylation sites (N-methyl/N-ethyl adjacent to an activating group) is 1. The zero-order valence-corrected chi connectivity index (χ0v) is 32.2. The third-order valence-electron chi connectivity index (χ3n) is 9.74. The molecular formula is C38H59N9O5. The van der Waals surface area contributed by atoms with Gasteiger partial charge in [0.1, 0.15) is 17.5 Å².